The normalized spacial score (nSPS) is 10.4. The maximum absolute atomic E-state index is 12.0. The van der Waals surface area contributed by atoms with E-state index < -0.39 is 0 Å². The van der Waals surface area contributed by atoms with Gasteiger partial charge in [0.25, 0.3) is 0 Å². The molecule has 0 atom stereocenters. The highest BCUT2D eigenvalue weighted by Crippen LogP contribution is 2.27. The van der Waals surface area contributed by atoms with Crippen molar-refractivity contribution in [3.8, 4) is 0 Å². The van der Waals surface area contributed by atoms with Gasteiger partial charge in [0.15, 0.2) is 0 Å². The van der Waals surface area contributed by atoms with Crippen LogP contribution in [0.25, 0.3) is 0 Å². The van der Waals surface area contributed by atoms with Crippen LogP contribution in [0.4, 0.5) is 11.4 Å². The highest BCUT2D eigenvalue weighted by atomic mass is 35.5. The summed E-state index contributed by atoms with van der Waals surface area (Å²) in [5, 5.41) is 3.48. The number of benzene rings is 2. The summed E-state index contributed by atoms with van der Waals surface area (Å²) in [4.78, 5) is 12.8. The highest BCUT2D eigenvalue weighted by molar-refractivity contribution is 8.00. The first kappa shape index (κ1) is 15.7. The van der Waals surface area contributed by atoms with Crippen LogP contribution in [-0.2, 0) is 4.79 Å². The van der Waals surface area contributed by atoms with Crippen molar-refractivity contribution in [2.45, 2.75) is 18.7 Å². The molecule has 0 saturated carbocycles. The lowest BCUT2D eigenvalue weighted by Gasteiger charge is -2.08. The molecule has 0 bridgehead atoms. The second-order valence-corrected chi connectivity index (χ2v) is 6.27. The fourth-order valence-corrected chi connectivity index (χ4v) is 2.74. The van der Waals surface area contributed by atoms with Gasteiger partial charge in [0.2, 0.25) is 5.91 Å². The van der Waals surface area contributed by atoms with E-state index in [4.69, 9.17) is 17.3 Å². The lowest BCUT2D eigenvalue weighted by Crippen LogP contribution is -2.14. The van der Waals surface area contributed by atoms with Crippen LogP contribution in [0.3, 0.4) is 0 Å². The molecule has 2 rings (SSSR count). The molecule has 2 aromatic carbocycles. The van der Waals surface area contributed by atoms with Crippen molar-refractivity contribution in [1.29, 1.82) is 0 Å². The molecule has 110 valence electrons. The van der Waals surface area contributed by atoms with E-state index in [0.717, 1.165) is 16.1 Å². The first-order chi connectivity index (χ1) is 9.95. The average Bonchev–Trinajstić information content (AvgIpc) is 2.42. The van der Waals surface area contributed by atoms with E-state index >= 15 is 0 Å². The largest absolute Gasteiger partial charge is 0.398 e. The smallest absolute Gasteiger partial charge is 0.234 e. The summed E-state index contributed by atoms with van der Waals surface area (Å²) < 4.78 is 0. The molecule has 5 heteroatoms. The van der Waals surface area contributed by atoms with Gasteiger partial charge in [-0.1, -0.05) is 17.7 Å². The Morgan fingerprint density at radius 2 is 1.95 bits per heavy atom. The molecule has 0 aliphatic carbocycles. The van der Waals surface area contributed by atoms with Crippen molar-refractivity contribution in [2.24, 2.45) is 0 Å². The average molecular weight is 321 g/mol. The van der Waals surface area contributed by atoms with Crippen LogP contribution < -0.4 is 11.1 Å². The van der Waals surface area contributed by atoms with E-state index in [1.54, 1.807) is 12.1 Å². The summed E-state index contributed by atoms with van der Waals surface area (Å²) in [5.74, 6) is 0.247. The Balaban J connectivity index is 1.94. The number of nitrogens with two attached hydrogens (primary N) is 1. The predicted octanol–water partition coefficient (Wildman–Crippen LogP) is 4.27. The molecule has 0 saturated heterocycles. The number of carbonyl (C=O) groups is 1. The third-order valence-corrected chi connectivity index (χ3v) is 4.45. The zero-order chi connectivity index (χ0) is 15.4. The van der Waals surface area contributed by atoms with Crippen LogP contribution in [0.15, 0.2) is 41.3 Å². The lowest BCUT2D eigenvalue weighted by molar-refractivity contribution is -0.113. The van der Waals surface area contributed by atoms with Gasteiger partial charge >= 0.3 is 0 Å². The number of carbonyl (C=O) groups excluding carboxylic acids is 1. The molecule has 3 nitrogen and oxygen atoms in total. The molecule has 21 heavy (non-hydrogen) atoms. The molecule has 0 aliphatic heterocycles. The van der Waals surface area contributed by atoms with Gasteiger partial charge in [-0.2, -0.15) is 0 Å². The Morgan fingerprint density at radius 1 is 1.19 bits per heavy atom. The summed E-state index contributed by atoms with van der Waals surface area (Å²) in [6, 6.07) is 11.1. The summed E-state index contributed by atoms with van der Waals surface area (Å²) in [6.45, 7) is 4.06. The van der Waals surface area contributed by atoms with E-state index in [2.05, 4.69) is 5.32 Å². The van der Waals surface area contributed by atoms with E-state index in [0.29, 0.717) is 16.5 Å². The SMILES string of the molecule is Cc1ccc(NC(=O)CSc2ccc(Cl)cc2N)cc1C. The molecular weight excluding hydrogens is 304 g/mol. The molecule has 0 radical (unpaired) electrons. The van der Waals surface area contributed by atoms with Gasteiger partial charge in [-0.3, -0.25) is 4.79 Å². The highest BCUT2D eigenvalue weighted by Gasteiger charge is 2.07. The van der Waals surface area contributed by atoms with Crippen molar-refractivity contribution >= 4 is 40.6 Å². The quantitative estimate of drug-likeness (QED) is 0.653. The molecule has 0 unspecified atom stereocenters. The van der Waals surface area contributed by atoms with Crippen LogP contribution >= 0.6 is 23.4 Å². The van der Waals surface area contributed by atoms with Crippen molar-refractivity contribution < 1.29 is 4.79 Å². The second kappa shape index (κ2) is 6.87. The third kappa shape index (κ3) is 4.41. The summed E-state index contributed by atoms with van der Waals surface area (Å²) >= 11 is 7.24. The number of halogens is 1. The third-order valence-electron chi connectivity index (χ3n) is 3.12. The van der Waals surface area contributed by atoms with E-state index in [1.165, 1.54) is 17.3 Å². The lowest BCUT2D eigenvalue weighted by atomic mass is 10.1. The number of aryl methyl sites for hydroxylation is 2. The number of rotatable bonds is 4. The number of nitrogens with one attached hydrogen (secondary N) is 1. The summed E-state index contributed by atoms with van der Waals surface area (Å²) in [5.41, 5.74) is 9.62. The van der Waals surface area contributed by atoms with Gasteiger partial charge in [-0.05, 0) is 55.3 Å². The maximum atomic E-state index is 12.0. The zero-order valence-corrected chi connectivity index (χ0v) is 13.5. The van der Waals surface area contributed by atoms with Crippen molar-refractivity contribution in [3.63, 3.8) is 0 Å². The van der Waals surface area contributed by atoms with Gasteiger partial charge in [-0.15, -0.1) is 11.8 Å². The van der Waals surface area contributed by atoms with Gasteiger partial charge in [-0.25, -0.2) is 0 Å². The Kier molecular flexibility index (Phi) is 5.15. The van der Waals surface area contributed by atoms with Crippen LogP contribution in [-0.4, -0.2) is 11.7 Å². The fraction of sp³-hybridized carbons (Fsp3) is 0.188. The maximum Gasteiger partial charge on any atom is 0.234 e. The molecular formula is C16H17ClN2OS. The van der Waals surface area contributed by atoms with Crippen molar-refractivity contribution in [3.05, 3.63) is 52.5 Å². The van der Waals surface area contributed by atoms with Crippen molar-refractivity contribution in [1.82, 2.24) is 0 Å². The van der Waals surface area contributed by atoms with Crippen LogP contribution in [0.1, 0.15) is 11.1 Å². The number of thioether (sulfide) groups is 1. The van der Waals surface area contributed by atoms with Gasteiger partial charge < -0.3 is 11.1 Å². The second-order valence-electron chi connectivity index (χ2n) is 4.82. The Morgan fingerprint density at radius 3 is 2.62 bits per heavy atom. The molecule has 0 fully saturated rings. The monoisotopic (exact) mass is 320 g/mol. The molecule has 0 aromatic heterocycles. The van der Waals surface area contributed by atoms with Gasteiger partial charge in [0.05, 0.1) is 5.75 Å². The minimum absolute atomic E-state index is 0.0578. The summed E-state index contributed by atoms with van der Waals surface area (Å²) in [7, 11) is 0. The van der Waals surface area contributed by atoms with E-state index in [-0.39, 0.29) is 5.91 Å². The van der Waals surface area contributed by atoms with Crippen LogP contribution in [0.2, 0.25) is 5.02 Å². The van der Waals surface area contributed by atoms with Crippen LogP contribution in [0.5, 0.6) is 0 Å². The molecule has 2 aromatic rings. The first-order valence-corrected chi connectivity index (χ1v) is 7.87. The fourth-order valence-electron chi connectivity index (χ4n) is 1.81. The molecule has 3 N–H and O–H groups in total. The minimum atomic E-state index is -0.0578. The van der Waals surface area contributed by atoms with Crippen LogP contribution in [0, 0.1) is 13.8 Å². The van der Waals surface area contributed by atoms with E-state index in [9.17, 15) is 4.79 Å². The van der Waals surface area contributed by atoms with Gasteiger partial charge in [0.1, 0.15) is 0 Å². The molecule has 0 spiro atoms. The molecule has 0 aliphatic rings. The van der Waals surface area contributed by atoms with E-state index in [1.807, 2.05) is 38.1 Å². The topological polar surface area (TPSA) is 55.1 Å². The van der Waals surface area contributed by atoms with Gasteiger partial charge in [0, 0.05) is 21.3 Å². The predicted molar refractivity (Wildman–Crippen MR) is 91.1 cm³/mol. The number of hydrogen-bond donors (Lipinski definition) is 2. The Hall–Kier alpha value is -1.65. The standard InChI is InChI=1S/C16H17ClN2OS/c1-10-3-5-13(7-11(10)2)19-16(20)9-21-15-6-4-12(17)8-14(15)18/h3-8H,9,18H2,1-2H3,(H,19,20). The minimum Gasteiger partial charge on any atom is -0.398 e. The van der Waals surface area contributed by atoms with Crippen molar-refractivity contribution in [2.75, 3.05) is 16.8 Å². The Bertz CT molecular complexity index is 673. The molecule has 0 heterocycles. The summed E-state index contributed by atoms with van der Waals surface area (Å²) in [6.07, 6.45) is 0. The molecule has 1 amide bonds. The number of hydrogen-bond acceptors (Lipinski definition) is 3. The number of nitrogen functional groups attached to an aromatic ring is 1. The number of anilines is 2. The number of amides is 1. The first-order valence-electron chi connectivity index (χ1n) is 6.50. The zero-order valence-electron chi connectivity index (χ0n) is 11.9. The Labute approximate surface area is 133 Å².